The molecule has 0 bridgehead atoms. The summed E-state index contributed by atoms with van der Waals surface area (Å²) in [7, 11) is 0. The molecule has 0 atom stereocenters. The van der Waals surface area contributed by atoms with Crippen LogP contribution in [0.15, 0.2) is 36.8 Å². The van der Waals surface area contributed by atoms with Crippen molar-refractivity contribution >= 4 is 23.1 Å². The van der Waals surface area contributed by atoms with E-state index in [2.05, 4.69) is 19.9 Å². The van der Waals surface area contributed by atoms with Crippen molar-refractivity contribution in [3.8, 4) is 17.1 Å². The van der Waals surface area contributed by atoms with Crippen molar-refractivity contribution in [2.45, 2.75) is 12.6 Å². The summed E-state index contributed by atoms with van der Waals surface area (Å²) in [5, 5.41) is 0. The highest BCUT2D eigenvalue weighted by molar-refractivity contribution is 5.93. The third kappa shape index (κ3) is 4.81. The lowest BCUT2D eigenvalue weighted by Crippen LogP contribution is -2.13. The van der Waals surface area contributed by atoms with Gasteiger partial charge in [0.05, 0.1) is 24.9 Å². The van der Waals surface area contributed by atoms with Crippen LogP contribution in [0.1, 0.15) is 12.0 Å². The number of halogens is 3. The highest BCUT2D eigenvalue weighted by atomic mass is 19.4. The fraction of sp³-hybridized carbons (Fsp3) is 0.176. The Balaban J connectivity index is 1.78. The fourth-order valence-corrected chi connectivity index (χ4v) is 2.24. The van der Waals surface area contributed by atoms with Gasteiger partial charge >= 0.3 is 6.18 Å². The van der Waals surface area contributed by atoms with Gasteiger partial charge in [0, 0.05) is 35.7 Å². The number of pyridine rings is 1. The van der Waals surface area contributed by atoms with Crippen LogP contribution >= 0.6 is 0 Å². The minimum Gasteiger partial charge on any atom is -0.477 e. The van der Waals surface area contributed by atoms with E-state index in [0.29, 0.717) is 28.0 Å². The number of ether oxygens (including phenoxy) is 1. The molecule has 0 saturated heterocycles. The van der Waals surface area contributed by atoms with E-state index in [4.69, 9.17) is 10.5 Å². The molecule has 3 rings (SSSR count). The first-order valence-corrected chi connectivity index (χ1v) is 7.79. The van der Waals surface area contributed by atoms with Crippen molar-refractivity contribution in [2.75, 3.05) is 6.61 Å². The molecule has 3 aromatic heterocycles. The molecule has 3 heterocycles. The van der Waals surface area contributed by atoms with Crippen molar-refractivity contribution in [2.24, 2.45) is 5.73 Å². The predicted molar refractivity (Wildman–Crippen MR) is 91.5 cm³/mol. The third-order valence-electron chi connectivity index (χ3n) is 3.51. The largest absolute Gasteiger partial charge is 0.477 e. The number of H-pyrrole nitrogens is 1. The Labute approximate surface area is 151 Å². The van der Waals surface area contributed by atoms with Crippen LogP contribution in [0.4, 0.5) is 13.2 Å². The van der Waals surface area contributed by atoms with Crippen molar-refractivity contribution < 1.29 is 22.7 Å². The Bertz CT molecular complexity index is 980. The zero-order valence-corrected chi connectivity index (χ0v) is 13.8. The minimum absolute atomic E-state index is 0.0868. The normalized spacial score (nSPS) is 12.0. The van der Waals surface area contributed by atoms with Gasteiger partial charge in [-0.1, -0.05) is 0 Å². The molecule has 0 radical (unpaired) electrons. The van der Waals surface area contributed by atoms with E-state index in [1.807, 2.05) is 0 Å². The standard InChI is InChI=1S/C17H14F3N5O2/c18-17(19,20)5-6-27-14-4-2-10(7-22-14)12-9-24-16-15(25-12)11(8-23-16)1-3-13(21)26/h1-4,7-9H,5-6H2,(H2,21,26)(H,23,24). The molecule has 0 unspecified atom stereocenters. The maximum atomic E-state index is 12.1. The van der Waals surface area contributed by atoms with Crippen LogP contribution < -0.4 is 10.5 Å². The summed E-state index contributed by atoms with van der Waals surface area (Å²) in [6, 6.07) is 3.08. The number of alkyl halides is 3. The number of aromatic amines is 1. The Morgan fingerprint density at radius 2 is 2.07 bits per heavy atom. The molecule has 3 N–H and O–H groups in total. The monoisotopic (exact) mass is 377 g/mol. The van der Waals surface area contributed by atoms with Gasteiger partial charge in [0.15, 0.2) is 5.65 Å². The average Bonchev–Trinajstić information content (AvgIpc) is 3.02. The highest BCUT2D eigenvalue weighted by Crippen LogP contribution is 2.23. The van der Waals surface area contributed by atoms with Gasteiger partial charge in [0.25, 0.3) is 0 Å². The number of carbonyl (C=O) groups excluding carboxylic acids is 1. The topological polar surface area (TPSA) is 107 Å². The summed E-state index contributed by atoms with van der Waals surface area (Å²) in [5.41, 5.74) is 7.91. The predicted octanol–water partition coefficient (Wildman–Crippen LogP) is 2.85. The Hall–Kier alpha value is -3.43. The molecule has 0 aromatic carbocycles. The van der Waals surface area contributed by atoms with Gasteiger partial charge in [-0.15, -0.1) is 0 Å². The number of aromatic nitrogens is 4. The van der Waals surface area contributed by atoms with Gasteiger partial charge in [-0.3, -0.25) is 4.79 Å². The molecule has 140 valence electrons. The summed E-state index contributed by atoms with van der Waals surface area (Å²) in [5.74, 6) is -0.498. The number of hydrogen-bond donors (Lipinski definition) is 2. The van der Waals surface area contributed by atoms with Crippen molar-refractivity contribution in [1.82, 2.24) is 19.9 Å². The SMILES string of the molecule is NC(=O)C=Cc1c[nH]c2ncc(-c3ccc(OCCC(F)(F)F)nc3)nc12. The summed E-state index contributed by atoms with van der Waals surface area (Å²) in [6.45, 7) is -0.499. The van der Waals surface area contributed by atoms with Crippen LogP contribution in [0.2, 0.25) is 0 Å². The van der Waals surface area contributed by atoms with Gasteiger partial charge in [-0.05, 0) is 12.1 Å². The number of fused-ring (bicyclic) bond motifs is 1. The molecular weight excluding hydrogens is 363 g/mol. The van der Waals surface area contributed by atoms with Crippen LogP contribution in [0.3, 0.4) is 0 Å². The summed E-state index contributed by atoms with van der Waals surface area (Å²) in [4.78, 5) is 26.5. The number of nitrogens with one attached hydrogen (secondary N) is 1. The molecule has 27 heavy (non-hydrogen) atoms. The van der Waals surface area contributed by atoms with Gasteiger partial charge in [0.1, 0.15) is 5.52 Å². The van der Waals surface area contributed by atoms with Crippen LogP contribution in [-0.2, 0) is 4.79 Å². The van der Waals surface area contributed by atoms with Crippen LogP contribution in [0, 0.1) is 0 Å². The van der Waals surface area contributed by atoms with Gasteiger partial charge in [0.2, 0.25) is 11.8 Å². The maximum Gasteiger partial charge on any atom is 0.392 e. The van der Waals surface area contributed by atoms with E-state index in [1.54, 1.807) is 12.3 Å². The van der Waals surface area contributed by atoms with Crippen LogP contribution in [-0.4, -0.2) is 38.6 Å². The molecule has 0 aliphatic carbocycles. The first-order chi connectivity index (χ1) is 12.8. The number of carbonyl (C=O) groups is 1. The number of nitrogens with two attached hydrogens (primary N) is 1. The summed E-state index contributed by atoms with van der Waals surface area (Å²) in [6.07, 6.45) is 2.02. The highest BCUT2D eigenvalue weighted by Gasteiger charge is 2.26. The van der Waals surface area contributed by atoms with Gasteiger partial charge < -0.3 is 15.5 Å². The van der Waals surface area contributed by atoms with Crippen LogP contribution in [0.25, 0.3) is 28.5 Å². The van der Waals surface area contributed by atoms with Gasteiger partial charge in [-0.2, -0.15) is 13.2 Å². The molecule has 3 aromatic rings. The fourth-order valence-electron chi connectivity index (χ4n) is 2.24. The number of rotatable bonds is 6. The van der Waals surface area contributed by atoms with E-state index in [-0.39, 0.29) is 5.88 Å². The molecule has 0 spiro atoms. The molecular formula is C17H14F3N5O2. The van der Waals surface area contributed by atoms with E-state index in [9.17, 15) is 18.0 Å². The van der Waals surface area contributed by atoms with Gasteiger partial charge in [-0.25, -0.2) is 15.0 Å². The number of amides is 1. The molecule has 10 heteroatoms. The van der Waals surface area contributed by atoms with Crippen molar-refractivity contribution in [3.05, 3.63) is 42.4 Å². The second-order valence-corrected chi connectivity index (χ2v) is 5.53. The molecule has 0 saturated carbocycles. The number of primary amides is 1. The molecule has 1 amide bonds. The van der Waals surface area contributed by atoms with Crippen molar-refractivity contribution in [1.29, 1.82) is 0 Å². The second-order valence-electron chi connectivity index (χ2n) is 5.53. The zero-order valence-electron chi connectivity index (χ0n) is 13.8. The lowest BCUT2D eigenvalue weighted by molar-refractivity contribution is -0.139. The Morgan fingerprint density at radius 1 is 1.26 bits per heavy atom. The zero-order chi connectivity index (χ0) is 19.4. The first-order valence-electron chi connectivity index (χ1n) is 7.79. The maximum absolute atomic E-state index is 12.1. The Kier molecular flexibility index (Phi) is 5.06. The van der Waals surface area contributed by atoms with Crippen LogP contribution in [0.5, 0.6) is 5.88 Å². The third-order valence-corrected chi connectivity index (χ3v) is 3.51. The lowest BCUT2D eigenvalue weighted by Gasteiger charge is -2.08. The first kappa shape index (κ1) is 18.4. The molecule has 0 fully saturated rings. The average molecular weight is 377 g/mol. The smallest absolute Gasteiger partial charge is 0.392 e. The summed E-state index contributed by atoms with van der Waals surface area (Å²) >= 11 is 0. The Morgan fingerprint density at radius 3 is 2.74 bits per heavy atom. The number of nitrogens with zero attached hydrogens (tertiary/aromatic N) is 3. The molecule has 0 aliphatic heterocycles. The van der Waals surface area contributed by atoms with E-state index in [0.717, 1.165) is 0 Å². The summed E-state index contributed by atoms with van der Waals surface area (Å²) < 4.78 is 41.4. The van der Waals surface area contributed by atoms with E-state index < -0.39 is 25.1 Å². The second kappa shape index (κ2) is 7.44. The van der Waals surface area contributed by atoms with Crippen molar-refractivity contribution in [3.63, 3.8) is 0 Å². The van der Waals surface area contributed by atoms with E-state index in [1.165, 1.54) is 30.6 Å². The molecule has 7 nitrogen and oxygen atoms in total. The number of hydrogen-bond acceptors (Lipinski definition) is 5. The quantitative estimate of drug-likeness (QED) is 0.643. The lowest BCUT2D eigenvalue weighted by atomic mass is 10.2. The molecule has 0 aliphatic rings. The van der Waals surface area contributed by atoms with E-state index >= 15 is 0 Å². The minimum atomic E-state index is -4.28.